The van der Waals surface area contributed by atoms with Gasteiger partial charge in [-0.05, 0) is 62.8 Å². The number of piperidine rings is 1. The first-order valence-electron chi connectivity index (χ1n) is 11.9. The summed E-state index contributed by atoms with van der Waals surface area (Å²) in [6, 6.07) is 7.34. The number of ether oxygens (including phenoxy) is 2. The molecule has 0 atom stereocenters. The van der Waals surface area contributed by atoms with E-state index in [-0.39, 0.29) is 24.4 Å². The second kappa shape index (κ2) is 13.5. The van der Waals surface area contributed by atoms with E-state index < -0.39 is 0 Å². The summed E-state index contributed by atoms with van der Waals surface area (Å²) < 4.78 is 11.1. The molecule has 0 aliphatic carbocycles. The minimum atomic E-state index is -0.180. The molecule has 2 aliphatic rings. The summed E-state index contributed by atoms with van der Waals surface area (Å²) in [6.45, 7) is 4.40. The molecule has 0 saturated carbocycles. The third kappa shape index (κ3) is 7.84. The Kier molecular flexibility index (Phi) is 10.4. The van der Waals surface area contributed by atoms with Crippen molar-refractivity contribution < 1.29 is 23.9 Å². The summed E-state index contributed by atoms with van der Waals surface area (Å²) in [6.07, 6.45) is 7.87. The molecule has 2 saturated heterocycles. The van der Waals surface area contributed by atoms with Crippen LogP contribution in [0, 0.1) is 0 Å². The van der Waals surface area contributed by atoms with Gasteiger partial charge in [0.05, 0.1) is 11.5 Å². The smallest absolute Gasteiger partial charge is 0.305 e. The first-order chi connectivity index (χ1) is 16.5. The highest BCUT2D eigenvalue weighted by Gasteiger charge is 2.31. The van der Waals surface area contributed by atoms with E-state index >= 15 is 0 Å². The number of carbonyl (C=O) groups is 3. The molecule has 184 valence electrons. The quantitative estimate of drug-likeness (QED) is 0.191. The van der Waals surface area contributed by atoms with Gasteiger partial charge in [0.2, 0.25) is 0 Å². The molecule has 2 heterocycles. The minimum absolute atomic E-state index is 0.0216. The van der Waals surface area contributed by atoms with E-state index in [9.17, 15) is 14.4 Å². The Morgan fingerprint density at radius 3 is 2.53 bits per heavy atom. The fourth-order valence-electron chi connectivity index (χ4n) is 3.83. The number of likely N-dealkylation sites (tertiary alicyclic amines) is 1. The van der Waals surface area contributed by atoms with Gasteiger partial charge in [0.1, 0.15) is 10.1 Å². The molecule has 2 aliphatic heterocycles. The van der Waals surface area contributed by atoms with Crippen LogP contribution < -0.4 is 4.74 Å². The Morgan fingerprint density at radius 1 is 1.09 bits per heavy atom. The maximum absolute atomic E-state index is 12.8. The van der Waals surface area contributed by atoms with Crippen LogP contribution in [0.5, 0.6) is 5.75 Å². The summed E-state index contributed by atoms with van der Waals surface area (Å²) >= 11 is 6.69. The van der Waals surface area contributed by atoms with Gasteiger partial charge in [-0.2, -0.15) is 0 Å². The molecule has 7 nitrogen and oxygen atoms in total. The first-order valence-corrected chi connectivity index (χ1v) is 13.1. The third-order valence-electron chi connectivity index (χ3n) is 5.69. The second-order valence-corrected chi connectivity index (χ2v) is 9.92. The van der Waals surface area contributed by atoms with Crippen LogP contribution >= 0.6 is 24.0 Å². The van der Waals surface area contributed by atoms with Crippen molar-refractivity contribution in [2.24, 2.45) is 0 Å². The SMILES string of the molecule is CCOC(=O)CCCCCN1C(=O)/C(=C\c2ccc(OCC(=O)N3CCCCC3)cc2)SC1=S. The standard InChI is InChI=1S/C25H32N2O5S2/c1-2-31-23(29)9-5-3-8-16-27-24(30)21(34-25(27)33)17-19-10-12-20(13-11-19)32-18-22(28)26-14-6-4-7-15-26/h10-13,17H,2-9,14-16,18H2,1H3/b21-17+. The van der Waals surface area contributed by atoms with Crippen LogP contribution in [-0.4, -0.2) is 64.8 Å². The zero-order valence-electron chi connectivity index (χ0n) is 19.6. The van der Waals surface area contributed by atoms with Gasteiger partial charge >= 0.3 is 5.97 Å². The number of esters is 1. The number of carbonyl (C=O) groups excluding carboxylic acids is 3. The molecule has 0 radical (unpaired) electrons. The lowest BCUT2D eigenvalue weighted by molar-refractivity contribution is -0.143. The van der Waals surface area contributed by atoms with Crippen LogP contribution in [-0.2, 0) is 19.1 Å². The molecule has 2 fully saturated rings. The van der Waals surface area contributed by atoms with Gasteiger partial charge in [-0.3, -0.25) is 19.3 Å². The van der Waals surface area contributed by atoms with E-state index in [1.54, 1.807) is 24.0 Å². The number of hydrogen-bond donors (Lipinski definition) is 0. The summed E-state index contributed by atoms with van der Waals surface area (Å²) in [5, 5.41) is 0. The Bertz CT molecular complexity index is 910. The van der Waals surface area contributed by atoms with Crippen molar-refractivity contribution in [2.75, 3.05) is 32.8 Å². The lowest BCUT2D eigenvalue weighted by atomic mass is 10.1. The zero-order valence-corrected chi connectivity index (χ0v) is 21.3. The zero-order chi connectivity index (χ0) is 24.3. The third-order valence-corrected chi connectivity index (χ3v) is 7.07. The molecular formula is C25H32N2O5S2. The number of rotatable bonds is 11. The molecular weight excluding hydrogens is 472 g/mol. The number of thiocarbonyl (C=S) groups is 1. The van der Waals surface area contributed by atoms with E-state index in [0.717, 1.165) is 50.8 Å². The highest BCUT2D eigenvalue weighted by molar-refractivity contribution is 8.26. The lowest BCUT2D eigenvalue weighted by Gasteiger charge is -2.26. The molecule has 3 rings (SSSR count). The summed E-state index contributed by atoms with van der Waals surface area (Å²) in [4.78, 5) is 40.5. The minimum Gasteiger partial charge on any atom is -0.484 e. The first kappa shape index (κ1) is 26.2. The molecule has 1 aromatic carbocycles. The molecule has 9 heteroatoms. The Morgan fingerprint density at radius 2 is 1.82 bits per heavy atom. The Balaban J connectivity index is 1.44. The van der Waals surface area contributed by atoms with Crippen LogP contribution in [0.2, 0.25) is 0 Å². The maximum atomic E-state index is 12.8. The lowest BCUT2D eigenvalue weighted by Crippen LogP contribution is -2.38. The number of amides is 2. The number of hydrogen-bond acceptors (Lipinski definition) is 7. The highest BCUT2D eigenvalue weighted by Crippen LogP contribution is 2.33. The molecule has 0 aromatic heterocycles. The second-order valence-electron chi connectivity index (χ2n) is 8.25. The molecule has 0 bridgehead atoms. The predicted molar refractivity (Wildman–Crippen MR) is 137 cm³/mol. The average Bonchev–Trinajstić information content (AvgIpc) is 3.11. The highest BCUT2D eigenvalue weighted by atomic mass is 32.2. The monoisotopic (exact) mass is 504 g/mol. The number of thioether (sulfide) groups is 1. The van der Waals surface area contributed by atoms with E-state index in [4.69, 9.17) is 21.7 Å². The van der Waals surface area contributed by atoms with Crippen molar-refractivity contribution in [1.82, 2.24) is 9.80 Å². The van der Waals surface area contributed by atoms with E-state index in [1.165, 1.54) is 18.2 Å². The molecule has 1 aromatic rings. The molecule has 0 unspecified atom stereocenters. The molecule has 0 spiro atoms. The van der Waals surface area contributed by atoms with Gasteiger partial charge in [0, 0.05) is 26.1 Å². The molecule has 34 heavy (non-hydrogen) atoms. The predicted octanol–water partition coefficient (Wildman–Crippen LogP) is 4.40. The Hall–Kier alpha value is -2.39. The summed E-state index contributed by atoms with van der Waals surface area (Å²) in [5.74, 6) is 0.375. The van der Waals surface area contributed by atoms with E-state index in [1.807, 2.05) is 23.1 Å². The fourth-order valence-corrected chi connectivity index (χ4v) is 5.14. The largest absolute Gasteiger partial charge is 0.484 e. The van der Waals surface area contributed by atoms with Crippen molar-refractivity contribution in [3.63, 3.8) is 0 Å². The topological polar surface area (TPSA) is 76.1 Å². The molecule has 2 amide bonds. The van der Waals surface area contributed by atoms with Gasteiger partial charge in [-0.15, -0.1) is 0 Å². The van der Waals surface area contributed by atoms with Crippen molar-refractivity contribution in [2.45, 2.75) is 51.9 Å². The van der Waals surface area contributed by atoms with Gasteiger partial charge in [0.25, 0.3) is 11.8 Å². The van der Waals surface area contributed by atoms with Crippen molar-refractivity contribution >= 4 is 52.2 Å². The van der Waals surface area contributed by atoms with Crippen LogP contribution in [0.25, 0.3) is 6.08 Å². The van der Waals surface area contributed by atoms with E-state index in [2.05, 4.69) is 0 Å². The average molecular weight is 505 g/mol. The number of benzene rings is 1. The Labute approximate surface area is 210 Å². The van der Waals surface area contributed by atoms with Crippen molar-refractivity contribution in [3.8, 4) is 5.75 Å². The van der Waals surface area contributed by atoms with Crippen LogP contribution in [0.3, 0.4) is 0 Å². The fraction of sp³-hybridized carbons (Fsp3) is 0.520. The normalized spacial score (nSPS) is 17.4. The summed E-state index contributed by atoms with van der Waals surface area (Å²) in [5.41, 5.74) is 0.865. The van der Waals surface area contributed by atoms with Gasteiger partial charge < -0.3 is 14.4 Å². The number of unbranched alkanes of at least 4 members (excludes halogenated alkanes) is 2. The summed E-state index contributed by atoms with van der Waals surface area (Å²) in [7, 11) is 0. The van der Waals surface area contributed by atoms with Crippen molar-refractivity contribution in [1.29, 1.82) is 0 Å². The number of nitrogens with zero attached hydrogens (tertiary/aromatic N) is 2. The maximum Gasteiger partial charge on any atom is 0.305 e. The van der Waals surface area contributed by atoms with Crippen molar-refractivity contribution in [3.05, 3.63) is 34.7 Å². The van der Waals surface area contributed by atoms with Gasteiger partial charge in [-0.25, -0.2) is 0 Å². The van der Waals surface area contributed by atoms with Crippen LogP contribution in [0.1, 0.15) is 57.4 Å². The molecule has 0 N–H and O–H groups in total. The van der Waals surface area contributed by atoms with Gasteiger partial charge in [0.15, 0.2) is 6.61 Å². The van der Waals surface area contributed by atoms with Crippen LogP contribution in [0.4, 0.5) is 0 Å². The van der Waals surface area contributed by atoms with Crippen LogP contribution in [0.15, 0.2) is 29.2 Å². The van der Waals surface area contributed by atoms with Gasteiger partial charge in [-0.1, -0.05) is 42.5 Å². The van der Waals surface area contributed by atoms with E-state index in [0.29, 0.717) is 34.5 Å².